The van der Waals surface area contributed by atoms with E-state index in [0.717, 1.165) is 12.0 Å². The molecule has 2 saturated carbocycles. The van der Waals surface area contributed by atoms with E-state index >= 15 is 0 Å². The van der Waals surface area contributed by atoms with Crippen LogP contribution in [0.4, 0.5) is 0 Å². The molecule has 2 atom stereocenters. The highest BCUT2D eigenvalue weighted by Crippen LogP contribution is 2.54. The van der Waals surface area contributed by atoms with Crippen molar-refractivity contribution in [3.63, 3.8) is 0 Å². The van der Waals surface area contributed by atoms with Crippen LogP contribution < -0.4 is 5.32 Å². The smallest absolute Gasteiger partial charge is 0.0107 e. The minimum absolute atomic E-state index is 0.445. The molecule has 0 heterocycles. The number of hydrogen-bond acceptors (Lipinski definition) is 1. The fourth-order valence-electron chi connectivity index (χ4n) is 2.90. The average Bonchev–Trinajstić information content (AvgIpc) is 3.17. The largest absolute Gasteiger partial charge is 0.313 e. The van der Waals surface area contributed by atoms with Crippen LogP contribution in [0.3, 0.4) is 0 Å². The van der Waals surface area contributed by atoms with Gasteiger partial charge in [0.1, 0.15) is 0 Å². The second kappa shape index (κ2) is 3.84. The van der Waals surface area contributed by atoms with Gasteiger partial charge in [0.2, 0.25) is 0 Å². The quantitative estimate of drug-likeness (QED) is 0.835. The molecular weight excluding hydrogens is 206 g/mol. The topological polar surface area (TPSA) is 12.0 Å². The van der Waals surface area contributed by atoms with Gasteiger partial charge in [0.05, 0.1) is 0 Å². The number of aryl methyl sites for hydroxylation is 2. The molecule has 0 spiro atoms. The summed E-state index contributed by atoms with van der Waals surface area (Å²) in [7, 11) is 0. The van der Waals surface area contributed by atoms with E-state index in [-0.39, 0.29) is 0 Å². The lowest BCUT2D eigenvalue weighted by atomic mass is 9.91. The van der Waals surface area contributed by atoms with Crippen LogP contribution in [0.15, 0.2) is 18.2 Å². The highest BCUT2D eigenvalue weighted by atomic mass is 15.0. The maximum atomic E-state index is 3.72. The lowest BCUT2D eigenvalue weighted by molar-refractivity contribution is 0.540. The standard InChI is InChI=1S/C16H23N/c1-11-4-5-14(8-12(11)2)16(9-13(16)3)10-17-15-6-7-15/h4-5,8,13,15,17H,6-7,9-10H2,1-3H3. The Bertz CT molecular complexity index is 433. The first kappa shape index (κ1) is 11.3. The first-order chi connectivity index (χ1) is 8.12. The van der Waals surface area contributed by atoms with E-state index in [1.807, 2.05) is 0 Å². The van der Waals surface area contributed by atoms with Crippen LogP contribution in [0.5, 0.6) is 0 Å². The van der Waals surface area contributed by atoms with Crippen molar-refractivity contribution in [3.8, 4) is 0 Å². The van der Waals surface area contributed by atoms with Gasteiger partial charge in [0, 0.05) is 18.0 Å². The Morgan fingerprint density at radius 3 is 2.47 bits per heavy atom. The van der Waals surface area contributed by atoms with Crippen molar-refractivity contribution in [3.05, 3.63) is 34.9 Å². The minimum Gasteiger partial charge on any atom is -0.313 e. The van der Waals surface area contributed by atoms with Crippen LogP contribution >= 0.6 is 0 Å². The second-order valence-corrected chi connectivity index (χ2v) is 6.22. The van der Waals surface area contributed by atoms with Gasteiger partial charge in [0.25, 0.3) is 0 Å². The van der Waals surface area contributed by atoms with Gasteiger partial charge in [-0.3, -0.25) is 0 Å². The molecule has 2 unspecified atom stereocenters. The molecule has 1 aromatic rings. The Morgan fingerprint density at radius 1 is 1.24 bits per heavy atom. The first-order valence-corrected chi connectivity index (χ1v) is 6.93. The molecular formula is C16H23N. The van der Waals surface area contributed by atoms with E-state index in [0.29, 0.717) is 5.41 Å². The fourth-order valence-corrected chi connectivity index (χ4v) is 2.90. The van der Waals surface area contributed by atoms with Crippen LogP contribution in [-0.2, 0) is 5.41 Å². The molecule has 0 saturated heterocycles. The van der Waals surface area contributed by atoms with E-state index in [9.17, 15) is 0 Å². The highest BCUT2D eigenvalue weighted by Gasteiger charge is 2.52. The summed E-state index contributed by atoms with van der Waals surface area (Å²) in [6.07, 6.45) is 4.13. The third-order valence-corrected chi connectivity index (χ3v) is 4.82. The minimum atomic E-state index is 0.445. The van der Waals surface area contributed by atoms with Gasteiger partial charge in [-0.2, -0.15) is 0 Å². The van der Waals surface area contributed by atoms with Gasteiger partial charge in [-0.25, -0.2) is 0 Å². The van der Waals surface area contributed by atoms with Crippen molar-refractivity contribution in [2.75, 3.05) is 6.54 Å². The summed E-state index contributed by atoms with van der Waals surface area (Å²) in [4.78, 5) is 0. The van der Waals surface area contributed by atoms with E-state index < -0.39 is 0 Å². The fraction of sp³-hybridized carbons (Fsp3) is 0.625. The van der Waals surface area contributed by atoms with E-state index in [1.54, 1.807) is 5.56 Å². The van der Waals surface area contributed by atoms with Crippen LogP contribution in [0.25, 0.3) is 0 Å². The molecule has 1 aromatic carbocycles. The Morgan fingerprint density at radius 2 is 1.94 bits per heavy atom. The summed E-state index contributed by atoms with van der Waals surface area (Å²) in [5, 5.41) is 3.72. The molecule has 2 aliphatic rings. The van der Waals surface area contributed by atoms with Crippen molar-refractivity contribution in [1.29, 1.82) is 0 Å². The van der Waals surface area contributed by atoms with Crippen molar-refractivity contribution in [1.82, 2.24) is 5.32 Å². The Balaban J connectivity index is 1.81. The average molecular weight is 229 g/mol. The molecule has 1 heteroatoms. The van der Waals surface area contributed by atoms with Crippen LogP contribution in [0, 0.1) is 19.8 Å². The molecule has 2 fully saturated rings. The maximum absolute atomic E-state index is 3.72. The van der Waals surface area contributed by atoms with Gasteiger partial charge >= 0.3 is 0 Å². The molecule has 92 valence electrons. The Labute approximate surface area is 105 Å². The van der Waals surface area contributed by atoms with Gasteiger partial charge in [-0.05, 0) is 55.7 Å². The highest BCUT2D eigenvalue weighted by molar-refractivity contribution is 5.39. The normalized spacial score (nSPS) is 31.6. The van der Waals surface area contributed by atoms with Crippen LogP contribution in [0.2, 0.25) is 0 Å². The summed E-state index contributed by atoms with van der Waals surface area (Å²) in [6.45, 7) is 8.00. The summed E-state index contributed by atoms with van der Waals surface area (Å²) >= 11 is 0. The van der Waals surface area contributed by atoms with E-state index in [2.05, 4.69) is 44.3 Å². The molecule has 0 bridgehead atoms. The zero-order valence-electron chi connectivity index (χ0n) is 11.2. The van der Waals surface area contributed by atoms with Crippen LogP contribution in [-0.4, -0.2) is 12.6 Å². The van der Waals surface area contributed by atoms with Crippen LogP contribution in [0.1, 0.15) is 42.9 Å². The summed E-state index contributed by atoms with van der Waals surface area (Å²) in [5.74, 6) is 0.843. The summed E-state index contributed by atoms with van der Waals surface area (Å²) in [6, 6.07) is 7.87. The Hall–Kier alpha value is -0.820. The zero-order chi connectivity index (χ0) is 12.0. The predicted octanol–water partition coefficient (Wildman–Crippen LogP) is 3.33. The molecule has 0 aromatic heterocycles. The van der Waals surface area contributed by atoms with Gasteiger partial charge < -0.3 is 5.32 Å². The zero-order valence-corrected chi connectivity index (χ0v) is 11.2. The van der Waals surface area contributed by atoms with Gasteiger partial charge in [-0.15, -0.1) is 0 Å². The predicted molar refractivity (Wildman–Crippen MR) is 72.4 cm³/mol. The number of nitrogens with one attached hydrogen (secondary N) is 1. The molecule has 3 rings (SSSR count). The van der Waals surface area contributed by atoms with Crippen molar-refractivity contribution >= 4 is 0 Å². The van der Waals surface area contributed by atoms with Crippen molar-refractivity contribution in [2.24, 2.45) is 5.92 Å². The van der Waals surface area contributed by atoms with Crippen molar-refractivity contribution < 1.29 is 0 Å². The molecule has 1 N–H and O–H groups in total. The number of benzene rings is 1. The van der Waals surface area contributed by atoms with Gasteiger partial charge in [0.15, 0.2) is 0 Å². The summed E-state index contributed by atoms with van der Waals surface area (Å²) < 4.78 is 0. The summed E-state index contributed by atoms with van der Waals surface area (Å²) in [5.41, 5.74) is 4.85. The SMILES string of the molecule is Cc1ccc(C2(CNC3CC3)CC2C)cc1C. The molecule has 0 amide bonds. The lowest BCUT2D eigenvalue weighted by Crippen LogP contribution is -2.30. The number of rotatable bonds is 4. The number of hydrogen-bond donors (Lipinski definition) is 1. The third-order valence-electron chi connectivity index (χ3n) is 4.82. The lowest BCUT2D eigenvalue weighted by Gasteiger charge is -2.19. The third kappa shape index (κ3) is 2.01. The van der Waals surface area contributed by atoms with E-state index in [1.165, 1.54) is 36.9 Å². The second-order valence-electron chi connectivity index (χ2n) is 6.22. The molecule has 17 heavy (non-hydrogen) atoms. The van der Waals surface area contributed by atoms with Gasteiger partial charge in [-0.1, -0.05) is 25.1 Å². The van der Waals surface area contributed by atoms with Crippen molar-refractivity contribution in [2.45, 2.75) is 51.5 Å². The molecule has 0 radical (unpaired) electrons. The Kier molecular flexibility index (Phi) is 2.55. The molecule has 0 aliphatic heterocycles. The molecule has 2 aliphatic carbocycles. The maximum Gasteiger partial charge on any atom is 0.0107 e. The first-order valence-electron chi connectivity index (χ1n) is 6.93. The monoisotopic (exact) mass is 229 g/mol. The van der Waals surface area contributed by atoms with E-state index in [4.69, 9.17) is 0 Å². The molecule has 1 nitrogen and oxygen atoms in total.